The molecule has 2 aromatic rings. The van der Waals surface area contributed by atoms with Gasteiger partial charge in [0.25, 0.3) is 0 Å². The molecule has 0 unspecified atom stereocenters. The number of carbonyl (C=O) groups is 2. The summed E-state index contributed by atoms with van der Waals surface area (Å²) in [5, 5.41) is 2.12. The summed E-state index contributed by atoms with van der Waals surface area (Å²) in [6.07, 6.45) is -3.01. The molecule has 1 fully saturated rings. The largest absolute Gasteiger partial charge is 0.417 e. The van der Waals surface area contributed by atoms with Gasteiger partial charge in [-0.1, -0.05) is 23.7 Å². The molecule has 3 rings (SSSR count). The highest BCUT2D eigenvalue weighted by molar-refractivity contribution is 6.32. The van der Waals surface area contributed by atoms with Gasteiger partial charge in [0, 0.05) is 31.2 Å². The number of halogens is 4. The molecule has 154 valence electrons. The Balaban J connectivity index is 1.71. The molecule has 0 radical (unpaired) electrons. The van der Waals surface area contributed by atoms with Crippen LogP contribution in [0.5, 0.6) is 0 Å². The molecule has 2 heterocycles. The lowest BCUT2D eigenvalue weighted by atomic mass is 10.1. The smallest absolute Gasteiger partial charge is 0.350 e. The number of aromatic nitrogens is 1. The number of nitrogens with one attached hydrogen (secondary N) is 1. The molecule has 6 nitrogen and oxygen atoms in total. The van der Waals surface area contributed by atoms with Crippen molar-refractivity contribution in [1.29, 1.82) is 0 Å². The van der Waals surface area contributed by atoms with Gasteiger partial charge in [-0.25, -0.2) is 4.79 Å². The Morgan fingerprint density at radius 3 is 2.72 bits per heavy atom. The third-order valence-corrected chi connectivity index (χ3v) is 5.13. The average Bonchev–Trinajstić information content (AvgIpc) is 2.95. The molecule has 3 amide bonds. The number of pyridine rings is 1. The second-order valence-corrected chi connectivity index (χ2v) is 7.05. The fourth-order valence-electron chi connectivity index (χ4n) is 3.11. The molecule has 1 N–H and O–H groups in total. The zero-order valence-electron chi connectivity index (χ0n) is 15.6. The summed E-state index contributed by atoms with van der Waals surface area (Å²) in [6.45, 7) is 1.71. The molecule has 29 heavy (non-hydrogen) atoms. The van der Waals surface area contributed by atoms with Crippen LogP contribution in [0.1, 0.15) is 16.8 Å². The van der Waals surface area contributed by atoms with Crippen LogP contribution in [-0.2, 0) is 17.5 Å². The van der Waals surface area contributed by atoms with Crippen LogP contribution in [0.2, 0.25) is 5.02 Å². The molecule has 1 saturated heterocycles. The lowest BCUT2D eigenvalue weighted by molar-refractivity contribution is -0.137. The number of carbonyl (C=O) groups excluding carboxylic acids is 2. The highest BCUT2D eigenvalue weighted by Gasteiger charge is 2.40. The number of hydrogen-bond donors (Lipinski definition) is 1. The molecule has 1 atom stereocenters. The van der Waals surface area contributed by atoms with Crippen molar-refractivity contribution in [2.45, 2.75) is 25.7 Å². The molecular weight excluding hydrogens is 409 g/mol. The van der Waals surface area contributed by atoms with Crippen molar-refractivity contribution in [3.05, 3.63) is 58.4 Å². The SMILES string of the molecule is Cc1cc(N2C[C@@H](C(=O)NCc3cccc(C(F)(F)F)c3Cl)N(C)C2=O)ccn1. The van der Waals surface area contributed by atoms with E-state index in [0.717, 1.165) is 11.8 Å². The van der Waals surface area contributed by atoms with Crippen molar-refractivity contribution in [2.75, 3.05) is 18.5 Å². The van der Waals surface area contributed by atoms with E-state index in [1.165, 1.54) is 29.0 Å². The van der Waals surface area contributed by atoms with Crippen molar-refractivity contribution in [1.82, 2.24) is 15.2 Å². The van der Waals surface area contributed by atoms with Crippen LogP contribution in [0.4, 0.5) is 23.7 Å². The van der Waals surface area contributed by atoms with Gasteiger partial charge >= 0.3 is 12.2 Å². The van der Waals surface area contributed by atoms with Crippen LogP contribution >= 0.6 is 11.6 Å². The summed E-state index contributed by atoms with van der Waals surface area (Å²) < 4.78 is 38.9. The van der Waals surface area contributed by atoms with Gasteiger partial charge in [0.05, 0.1) is 17.1 Å². The van der Waals surface area contributed by atoms with Crippen LogP contribution in [0, 0.1) is 6.92 Å². The van der Waals surface area contributed by atoms with Gasteiger partial charge < -0.3 is 10.2 Å². The molecule has 1 aromatic heterocycles. The van der Waals surface area contributed by atoms with E-state index >= 15 is 0 Å². The summed E-state index contributed by atoms with van der Waals surface area (Å²) in [4.78, 5) is 31.9. The second-order valence-electron chi connectivity index (χ2n) is 6.67. The average molecular weight is 427 g/mol. The topological polar surface area (TPSA) is 65.5 Å². The van der Waals surface area contributed by atoms with Crippen molar-refractivity contribution < 1.29 is 22.8 Å². The fraction of sp³-hybridized carbons (Fsp3) is 0.316. The van der Waals surface area contributed by atoms with Gasteiger partial charge in [-0.2, -0.15) is 13.2 Å². The summed E-state index contributed by atoms with van der Waals surface area (Å²) in [5.41, 5.74) is 0.525. The van der Waals surface area contributed by atoms with E-state index in [-0.39, 0.29) is 24.7 Å². The zero-order valence-corrected chi connectivity index (χ0v) is 16.4. The number of nitrogens with zero attached hydrogens (tertiary/aromatic N) is 3. The fourth-order valence-corrected chi connectivity index (χ4v) is 3.41. The quantitative estimate of drug-likeness (QED) is 0.812. The first-order valence-electron chi connectivity index (χ1n) is 8.69. The van der Waals surface area contributed by atoms with Crippen molar-refractivity contribution >= 4 is 29.2 Å². The molecule has 1 aliphatic heterocycles. The van der Waals surface area contributed by atoms with Crippen molar-refractivity contribution in [3.8, 4) is 0 Å². The van der Waals surface area contributed by atoms with Gasteiger partial charge in [-0.3, -0.25) is 14.7 Å². The second kappa shape index (κ2) is 7.90. The van der Waals surface area contributed by atoms with Crippen LogP contribution < -0.4 is 10.2 Å². The van der Waals surface area contributed by atoms with Crippen molar-refractivity contribution in [3.63, 3.8) is 0 Å². The first kappa shape index (κ1) is 20.9. The van der Waals surface area contributed by atoms with Crippen LogP contribution in [0.3, 0.4) is 0 Å². The molecule has 0 saturated carbocycles. The zero-order chi connectivity index (χ0) is 21.3. The van der Waals surface area contributed by atoms with Crippen LogP contribution in [0.15, 0.2) is 36.5 Å². The first-order chi connectivity index (χ1) is 13.6. The first-order valence-corrected chi connectivity index (χ1v) is 9.06. The van der Waals surface area contributed by atoms with E-state index in [4.69, 9.17) is 11.6 Å². The van der Waals surface area contributed by atoms with Gasteiger partial charge in [0.15, 0.2) is 0 Å². The van der Waals surface area contributed by atoms with E-state index in [9.17, 15) is 22.8 Å². The number of rotatable bonds is 4. The van der Waals surface area contributed by atoms with E-state index in [1.807, 2.05) is 0 Å². The minimum absolute atomic E-state index is 0.112. The lowest BCUT2D eigenvalue weighted by Crippen LogP contribution is -2.43. The van der Waals surface area contributed by atoms with E-state index in [0.29, 0.717) is 5.69 Å². The summed E-state index contributed by atoms with van der Waals surface area (Å²) in [5.74, 6) is -0.484. The Bertz CT molecular complexity index is 951. The standard InChI is InChI=1S/C19H18ClF3N4O2/c1-11-8-13(6-7-24-11)27-10-15(26(2)18(27)29)17(28)25-9-12-4-3-5-14(16(12)20)19(21,22)23/h3-8,15H,9-10H2,1-2H3,(H,25,28)/t15-/m0/s1. The minimum atomic E-state index is -4.58. The predicted octanol–water partition coefficient (Wildman–Crippen LogP) is 3.62. The highest BCUT2D eigenvalue weighted by atomic mass is 35.5. The number of urea groups is 1. The van der Waals surface area contributed by atoms with Gasteiger partial charge in [-0.05, 0) is 30.7 Å². The summed E-state index contributed by atoms with van der Waals surface area (Å²) >= 11 is 5.86. The number of amides is 3. The Labute approximate surface area is 170 Å². The molecule has 10 heteroatoms. The van der Waals surface area contributed by atoms with Crippen LogP contribution in [-0.4, -0.2) is 41.5 Å². The molecule has 0 spiro atoms. The molecule has 0 aliphatic carbocycles. The van der Waals surface area contributed by atoms with Gasteiger partial charge in [0.1, 0.15) is 6.04 Å². The maximum absolute atomic E-state index is 13.0. The summed E-state index contributed by atoms with van der Waals surface area (Å²) in [7, 11) is 1.50. The maximum Gasteiger partial charge on any atom is 0.417 e. The minimum Gasteiger partial charge on any atom is -0.350 e. The third-order valence-electron chi connectivity index (χ3n) is 4.69. The van der Waals surface area contributed by atoms with E-state index in [2.05, 4.69) is 10.3 Å². The predicted molar refractivity (Wildman–Crippen MR) is 102 cm³/mol. The normalized spacial score (nSPS) is 17.0. The molecule has 1 aliphatic rings. The number of aryl methyl sites for hydroxylation is 1. The summed E-state index contributed by atoms with van der Waals surface area (Å²) in [6, 6.07) is 5.78. The Kier molecular flexibility index (Phi) is 5.70. The Morgan fingerprint density at radius 2 is 2.07 bits per heavy atom. The third kappa shape index (κ3) is 4.29. The van der Waals surface area contributed by atoms with E-state index < -0.39 is 28.7 Å². The molecule has 1 aromatic carbocycles. The Hall–Kier alpha value is -2.81. The maximum atomic E-state index is 13.0. The van der Waals surface area contributed by atoms with Crippen molar-refractivity contribution in [2.24, 2.45) is 0 Å². The Morgan fingerprint density at radius 1 is 1.34 bits per heavy atom. The molecule has 0 bridgehead atoms. The molecular formula is C19H18ClF3N4O2. The number of likely N-dealkylation sites (N-methyl/N-ethyl adjacent to an activating group) is 1. The number of alkyl halides is 3. The number of anilines is 1. The number of hydrogen-bond acceptors (Lipinski definition) is 3. The van der Waals surface area contributed by atoms with Gasteiger partial charge in [-0.15, -0.1) is 0 Å². The number of benzene rings is 1. The highest BCUT2D eigenvalue weighted by Crippen LogP contribution is 2.36. The van der Waals surface area contributed by atoms with Gasteiger partial charge in [0.2, 0.25) is 5.91 Å². The van der Waals surface area contributed by atoms with E-state index in [1.54, 1.807) is 25.3 Å². The van der Waals surface area contributed by atoms with Crippen LogP contribution in [0.25, 0.3) is 0 Å². The monoisotopic (exact) mass is 426 g/mol. The lowest BCUT2D eigenvalue weighted by Gasteiger charge is -2.18.